The van der Waals surface area contributed by atoms with Crippen LogP contribution in [0.4, 0.5) is 0 Å². The molecule has 0 unspecified atom stereocenters. The highest BCUT2D eigenvalue weighted by Gasteiger charge is 2.40. The molecule has 2 atom stereocenters. The minimum absolute atomic E-state index is 0.00214. The van der Waals surface area contributed by atoms with Crippen LogP contribution < -0.4 is 5.32 Å². The highest BCUT2D eigenvalue weighted by Crippen LogP contribution is 2.39. The number of pyridine rings is 1. The van der Waals surface area contributed by atoms with Gasteiger partial charge in [0.1, 0.15) is 0 Å². The normalized spacial score (nSPS) is 18.6. The molecule has 1 aliphatic rings. The van der Waals surface area contributed by atoms with E-state index < -0.39 is 0 Å². The highest BCUT2D eigenvalue weighted by atomic mass is 32.1. The van der Waals surface area contributed by atoms with Gasteiger partial charge in [-0.1, -0.05) is 6.07 Å². The predicted octanol–water partition coefficient (Wildman–Crippen LogP) is 3.65. The molecule has 29 heavy (non-hydrogen) atoms. The number of carbonyl (C=O) groups is 1. The summed E-state index contributed by atoms with van der Waals surface area (Å²) in [4.78, 5) is 18.5. The molecule has 6 nitrogen and oxygen atoms in total. The molecule has 1 aromatic carbocycles. The van der Waals surface area contributed by atoms with Crippen LogP contribution >= 0.6 is 12.2 Å². The van der Waals surface area contributed by atoms with E-state index in [2.05, 4.69) is 32.8 Å². The Labute approximate surface area is 175 Å². The lowest BCUT2D eigenvalue weighted by Gasteiger charge is -2.28. The fourth-order valence-corrected chi connectivity index (χ4v) is 4.18. The van der Waals surface area contributed by atoms with Crippen molar-refractivity contribution in [1.82, 2.24) is 19.8 Å². The molecular formula is C22H22N4O2S. The number of carbonyl (C=O) groups excluding carboxylic acids is 1. The maximum Gasteiger partial charge on any atom is 0.337 e. The monoisotopic (exact) mass is 406 g/mol. The van der Waals surface area contributed by atoms with E-state index in [1.54, 1.807) is 18.3 Å². The van der Waals surface area contributed by atoms with Gasteiger partial charge in [-0.05, 0) is 67.7 Å². The molecule has 1 N–H and O–H groups in total. The zero-order valence-electron chi connectivity index (χ0n) is 16.3. The van der Waals surface area contributed by atoms with Crippen molar-refractivity contribution in [2.24, 2.45) is 0 Å². The van der Waals surface area contributed by atoms with Gasteiger partial charge in [0.2, 0.25) is 0 Å². The molecule has 7 heteroatoms. The number of ether oxygens (including phenoxy) is 1. The second-order valence-electron chi connectivity index (χ2n) is 6.75. The molecule has 0 radical (unpaired) electrons. The van der Waals surface area contributed by atoms with Crippen molar-refractivity contribution < 1.29 is 9.53 Å². The number of thiocarbonyl (C=S) groups is 1. The largest absolute Gasteiger partial charge is 0.465 e. The third kappa shape index (κ3) is 3.49. The molecule has 0 spiro atoms. The summed E-state index contributed by atoms with van der Waals surface area (Å²) in [5, 5.41) is 4.16. The molecular weight excluding hydrogens is 384 g/mol. The Morgan fingerprint density at radius 3 is 2.62 bits per heavy atom. The number of nitrogens with one attached hydrogen (secondary N) is 1. The van der Waals surface area contributed by atoms with Crippen LogP contribution in [-0.4, -0.2) is 39.2 Å². The van der Waals surface area contributed by atoms with Crippen molar-refractivity contribution in [1.29, 1.82) is 0 Å². The van der Waals surface area contributed by atoms with Gasteiger partial charge in [-0.3, -0.25) is 4.98 Å². The van der Waals surface area contributed by atoms with E-state index >= 15 is 0 Å². The van der Waals surface area contributed by atoms with E-state index in [0.717, 1.165) is 28.7 Å². The van der Waals surface area contributed by atoms with Crippen LogP contribution in [-0.2, 0) is 4.74 Å². The van der Waals surface area contributed by atoms with Gasteiger partial charge >= 0.3 is 5.97 Å². The number of rotatable bonds is 5. The number of hydrogen-bond acceptors (Lipinski definition) is 4. The van der Waals surface area contributed by atoms with Crippen molar-refractivity contribution in [3.63, 3.8) is 0 Å². The molecule has 4 rings (SSSR count). The van der Waals surface area contributed by atoms with Gasteiger partial charge in [0.25, 0.3) is 0 Å². The zero-order chi connectivity index (χ0) is 20.4. The smallest absolute Gasteiger partial charge is 0.337 e. The third-order valence-electron chi connectivity index (χ3n) is 5.19. The molecule has 0 bridgehead atoms. The zero-order valence-corrected chi connectivity index (χ0v) is 17.1. The van der Waals surface area contributed by atoms with Crippen LogP contribution in [0.25, 0.3) is 5.69 Å². The summed E-state index contributed by atoms with van der Waals surface area (Å²) in [5.74, 6) is -0.345. The highest BCUT2D eigenvalue weighted by molar-refractivity contribution is 7.80. The Bertz CT molecular complexity index is 1020. The first-order valence-corrected chi connectivity index (χ1v) is 9.89. The Hall–Kier alpha value is -3.19. The van der Waals surface area contributed by atoms with Gasteiger partial charge in [0.05, 0.1) is 30.5 Å². The van der Waals surface area contributed by atoms with Gasteiger partial charge in [-0.2, -0.15) is 0 Å². The number of aromatic nitrogens is 2. The van der Waals surface area contributed by atoms with Crippen molar-refractivity contribution >= 4 is 23.3 Å². The average Bonchev–Trinajstić information content (AvgIpc) is 3.37. The van der Waals surface area contributed by atoms with Crippen LogP contribution in [0, 0.1) is 0 Å². The Balaban J connectivity index is 1.75. The van der Waals surface area contributed by atoms with Crippen molar-refractivity contribution in [3.05, 3.63) is 83.9 Å². The van der Waals surface area contributed by atoms with Crippen molar-refractivity contribution in [2.45, 2.75) is 19.0 Å². The minimum Gasteiger partial charge on any atom is -0.465 e. The summed E-state index contributed by atoms with van der Waals surface area (Å²) in [6, 6.07) is 17.4. The first-order chi connectivity index (χ1) is 14.1. The summed E-state index contributed by atoms with van der Waals surface area (Å²) in [5.41, 5.74) is 3.53. The second kappa shape index (κ2) is 8.05. The number of hydrogen-bond donors (Lipinski definition) is 1. The molecule has 0 aliphatic carbocycles. The summed E-state index contributed by atoms with van der Waals surface area (Å²) >= 11 is 5.61. The van der Waals surface area contributed by atoms with Gasteiger partial charge in [-0.25, -0.2) is 4.79 Å². The van der Waals surface area contributed by atoms with E-state index in [1.165, 1.54) is 7.11 Å². The maximum absolute atomic E-state index is 11.7. The molecule has 1 aliphatic heterocycles. The van der Waals surface area contributed by atoms with Crippen LogP contribution in [0.15, 0.2) is 67.0 Å². The number of esters is 1. The first-order valence-electron chi connectivity index (χ1n) is 9.48. The number of benzene rings is 1. The Morgan fingerprint density at radius 2 is 1.97 bits per heavy atom. The Kier molecular flexibility index (Phi) is 5.31. The first kappa shape index (κ1) is 19.1. The summed E-state index contributed by atoms with van der Waals surface area (Å²) in [6.07, 6.45) is 3.82. The van der Waals surface area contributed by atoms with Gasteiger partial charge in [0.15, 0.2) is 5.11 Å². The molecule has 148 valence electrons. The fraction of sp³-hybridized carbons (Fsp3) is 0.227. The van der Waals surface area contributed by atoms with E-state index in [0.29, 0.717) is 5.56 Å². The number of nitrogens with zero attached hydrogens (tertiary/aromatic N) is 3. The third-order valence-corrected chi connectivity index (χ3v) is 5.54. The lowest BCUT2D eigenvalue weighted by molar-refractivity contribution is 0.0600. The molecule has 0 amide bonds. The standard InChI is InChI=1S/C22H22N4O2S/c1-3-25-20(19(24-22(25)29)17-7-4-5-13-23-17)18-8-6-14-26(18)16-11-9-15(10-12-16)21(27)28-2/h4-14,19-20H,3H2,1-2H3,(H,24,29)/t19-,20+/m1/s1. The molecule has 1 saturated heterocycles. The quantitative estimate of drug-likeness (QED) is 0.516. The number of methoxy groups -OCH3 is 1. The Morgan fingerprint density at radius 1 is 1.17 bits per heavy atom. The topological polar surface area (TPSA) is 59.4 Å². The van der Waals surface area contributed by atoms with E-state index in [-0.39, 0.29) is 18.1 Å². The second-order valence-corrected chi connectivity index (χ2v) is 7.14. The molecule has 1 fully saturated rings. The van der Waals surface area contributed by atoms with E-state index in [4.69, 9.17) is 17.0 Å². The fourth-order valence-electron chi connectivity index (χ4n) is 3.81. The number of likely N-dealkylation sites (N-methyl/N-ethyl adjacent to an activating group) is 1. The lowest BCUT2D eigenvalue weighted by Crippen LogP contribution is -2.30. The van der Waals surface area contributed by atoms with Gasteiger partial charge in [-0.15, -0.1) is 0 Å². The molecule has 2 aromatic heterocycles. The van der Waals surface area contributed by atoms with Crippen LogP contribution in [0.5, 0.6) is 0 Å². The van der Waals surface area contributed by atoms with Crippen molar-refractivity contribution in [2.75, 3.05) is 13.7 Å². The minimum atomic E-state index is -0.345. The SMILES string of the molecule is CCN1C(=S)N[C@H](c2ccccn2)[C@@H]1c1cccn1-c1ccc(C(=O)OC)cc1. The summed E-state index contributed by atoms with van der Waals surface area (Å²) in [6.45, 7) is 2.88. The van der Waals surface area contributed by atoms with Crippen molar-refractivity contribution in [3.8, 4) is 5.69 Å². The van der Waals surface area contributed by atoms with Gasteiger partial charge < -0.3 is 19.5 Å². The molecule has 3 aromatic rings. The van der Waals surface area contributed by atoms with Crippen LogP contribution in [0.2, 0.25) is 0 Å². The lowest BCUT2D eigenvalue weighted by atomic mass is 10.0. The van der Waals surface area contributed by atoms with E-state index in [9.17, 15) is 4.79 Å². The van der Waals surface area contributed by atoms with Crippen LogP contribution in [0.3, 0.4) is 0 Å². The maximum atomic E-state index is 11.7. The summed E-state index contributed by atoms with van der Waals surface area (Å²) < 4.78 is 6.92. The molecule has 3 heterocycles. The molecule has 0 saturated carbocycles. The summed E-state index contributed by atoms with van der Waals surface area (Å²) in [7, 11) is 1.38. The van der Waals surface area contributed by atoms with E-state index in [1.807, 2.05) is 42.6 Å². The van der Waals surface area contributed by atoms with Gasteiger partial charge in [0, 0.05) is 30.3 Å². The van der Waals surface area contributed by atoms with Crippen LogP contribution in [0.1, 0.15) is 40.8 Å². The average molecular weight is 407 g/mol. The predicted molar refractivity (Wildman–Crippen MR) is 115 cm³/mol.